The van der Waals surface area contributed by atoms with E-state index >= 15 is 0 Å². The Morgan fingerprint density at radius 3 is 1.31 bits per heavy atom. The highest BCUT2D eigenvalue weighted by atomic mass is 16.4. The molecule has 0 radical (unpaired) electrons. The van der Waals surface area contributed by atoms with Gasteiger partial charge in [-0.3, -0.25) is 9.59 Å². The van der Waals surface area contributed by atoms with Crippen LogP contribution in [0, 0.1) is 0 Å². The van der Waals surface area contributed by atoms with Crippen LogP contribution in [0.3, 0.4) is 0 Å². The molecule has 0 saturated heterocycles. The van der Waals surface area contributed by atoms with Crippen LogP contribution in [0.15, 0.2) is 0 Å². The van der Waals surface area contributed by atoms with Gasteiger partial charge < -0.3 is 33.1 Å². The SMILES string of the molecule is NCC(N)(N)N.O=C(O)CCCCC(=O)O. The van der Waals surface area contributed by atoms with Crippen molar-refractivity contribution in [2.75, 3.05) is 6.54 Å². The average molecular weight is 236 g/mol. The van der Waals surface area contributed by atoms with Crippen molar-refractivity contribution in [1.29, 1.82) is 0 Å². The zero-order valence-corrected chi connectivity index (χ0v) is 9.06. The molecule has 0 fully saturated rings. The number of hydrogen-bond acceptors (Lipinski definition) is 6. The maximum absolute atomic E-state index is 9.90. The van der Waals surface area contributed by atoms with Gasteiger partial charge in [0.05, 0.1) is 0 Å². The lowest BCUT2D eigenvalue weighted by Gasteiger charge is -2.13. The van der Waals surface area contributed by atoms with Gasteiger partial charge in [0.25, 0.3) is 0 Å². The lowest BCUT2D eigenvalue weighted by molar-refractivity contribution is -0.139. The molecular formula is C8H20N4O4. The fourth-order valence-electron chi connectivity index (χ4n) is 0.552. The molecule has 0 aromatic carbocycles. The molecule has 0 unspecified atom stereocenters. The molecule has 0 heterocycles. The van der Waals surface area contributed by atoms with Crippen molar-refractivity contribution in [3.05, 3.63) is 0 Å². The third kappa shape index (κ3) is 23.0. The largest absolute Gasteiger partial charge is 0.481 e. The third-order valence-electron chi connectivity index (χ3n) is 1.38. The van der Waals surface area contributed by atoms with Crippen LogP contribution in [0.5, 0.6) is 0 Å². The summed E-state index contributed by atoms with van der Waals surface area (Å²) in [4.78, 5) is 19.8. The fraction of sp³-hybridized carbons (Fsp3) is 0.750. The molecule has 10 N–H and O–H groups in total. The minimum absolute atomic E-state index is 0.0628. The van der Waals surface area contributed by atoms with Crippen LogP contribution in [-0.4, -0.2) is 34.5 Å². The molecule has 0 spiro atoms. The Morgan fingerprint density at radius 2 is 1.19 bits per heavy atom. The molecule has 0 bridgehead atoms. The zero-order chi connectivity index (χ0) is 13.2. The number of carboxylic acid groups (broad SMARTS) is 2. The van der Waals surface area contributed by atoms with E-state index in [1.807, 2.05) is 0 Å². The van der Waals surface area contributed by atoms with E-state index in [0.29, 0.717) is 12.8 Å². The average Bonchev–Trinajstić information content (AvgIpc) is 2.12. The summed E-state index contributed by atoms with van der Waals surface area (Å²) in [5, 5.41) is 16.3. The second kappa shape index (κ2) is 9.04. The normalized spacial score (nSPS) is 10.2. The highest BCUT2D eigenvalue weighted by Gasteiger charge is 2.04. The first-order chi connectivity index (χ1) is 7.19. The molecule has 0 aromatic rings. The summed E-state index contributed by atoms with van der Waals surface area (Å²) in [5.74, 6) is -2.92. The molecule has 8 heteroatoms. The fourth-order valence-corrected chi connectivity index (χ4v) is 0.552. The summed E-state index contributed by atoms with van der Waals surface area (Å²) in [7, 11) is 0. The number of carbonyl (C=O) groups is 2. The molecule has 0 aliphatic carbocycles. The Labute approximate surface area is 93.6 Å². The first kappa shape index (κ1) is 17.2. The van der Waals surface area contributed by atoms with Crippen molar-refractivity contribution in [1.82, 2.24) is 0 Å². The Kier molecular flexibility index (Phi) is 9.71. The summed E-state index contributed by atoms with van der Waals surface area (Å²) in [6.45, 7) is 0.104. The Hall–Kier alpha value is -1.22. The first-order valence-electron chi connectivity index (χ1n) is 4.69. The second-order valence-corrected chi connectivity index (χ2v) is 3.31. The molecule has 8 nitrogen and oxygen atoms in total. The van der Waals surface area contributed by atoms with E-state index in [-0.39, 0.29) is 19.4 Å². The first-order valence-corrected chi connectivity index (χ1v) is 4.69. The predicted octanol–water partition coefficient (Wildman–Crippen LogP) is -1.81. The summed E-state index contributed by atoms with van der Waals surface area (Å²) in [6.07, 6.45) is 1.02. The van der Waals surface area contributed by atoms with Gasteiger partial charge in [-0.1, -0.05) is 0 Å². The van der Waals surface area contributed by atoms with Gasteiger partial charge in [-0.25, -0.2) is 0 Å². The summed E-state index contributed by atoms with van der Waals surface area (Å²) < 4.78 is 0. The van der Waals surface area contributed by atoms with Gasteiger partial charge in [0, 0.05) is 19.4 Å². The van der Waals surface area contributed by atoms with Gasteiger partial charge >= 0.3 is 11.9 Å². The number of nitrogens with two attached hydrogens (primary N) is 4. The molecule has 96 valence electrons. The second-order valence-electron chi connectivity index (χ2n) is 3.31. The molecule has 0 aliphatic heterocycles. The molecular weight excluding hydrogens is 216 g/mol. The Balaban J connectivity index is 0. The monoisotopic (exact) mass is 236 g/mol. The summed E-state index contributed by atoms with van der Waals surface area (Å²) >= 11 is 0. The van der Waals surface area contributed by atoms with Gasteiger partial charge in [-0.15, -0.1) is 0 Å². The van der Waals surface area contributed by atoms with Crippen molar-refractivity contribution in [2.24, 2.45) is 22.9 Å². The standard InChI is InChI=1S/C6H10O4.C2H10N4/c7-5(8)3-1-2-4-6(9)10;3-1-2(4,5)6/h1-4H2,(H,7,8)(H,9,10);1,3-6H2. The van der Waals surface area contributed by atoms with Crippen LogP contribution in [0.2, 0.25) is 0 Å². The topological polar surface area (TPSA) is 179 Å². The van der Waals surface area contributed by atoms with E-state index in [2.05, 4.69) is 0 Å². The van der Waals surface area contributed by atoms with E-state index < -0.39 is 17.7 Å². The molecule has 0 rings (SSSR count). The molecule has 0 amide bonds. The van der Waals surface area contributed by atoms with Crippen molar-refractivity contribution in [3.8, 4) is 0 Å². The van der Waals surface area contributed by atoms with Crippen molar-refractivity contribution < 1.29 is 19.8 Å². The van der Waals surface area contributed by atoms with Gasteiger partial charge in [-0.05, 0) is 12.8 Å². The lowest BCUT2D eigenvalue weighted by Crippen LogP contribution is -2.63. The van der Waals surface area contributed by atoms with E-state index in [0.717, 1.165) is 0 Å². The minimum atomic E-state index is -1.18. The van der Waals surface area contributed by atoms with Gasteiger partial charge in [0.1, 0.15) is 5.79 Å². The van der Waals surface area contributed by atoms with Crippen LogP contribution >= 0.6 is 0 Å². The third-order valence-corrected chi connectivity index (χ3v) is 1.38. The predicted molar refractivity (Wildman–Crippen MR) is 58.1 cm³/mol. The number of rotatable bonds is 6. The Bertz CT molecular complexity index is 199. The van der Waals surface area contributed by atoms with Gasteiger partial charge in [0.15, 0.2) is 0 Å². The van der Waals surface area contributed by atoms with Gasteiger partial charge in [-0.2, -0.15) is 0 Å². The van der Waals surface area contributed by atoms with Crippen LogP contribution in [-0.2, 0) is 9.59 Å². The van der Waals surface area contributed by atoms with Crippen LogP contribution in [0.25, 0.3) is 0 Å². The molecule has 0 aliphatic rings. The highest BCUT2D eigenvalue weighted by molar-refractivity contribution is 5.67. The summed E-state index contributed by atoms with van der Waals surface area (Å²) in [5.41, 5.74) is 19.8. The maximum atomic E-state index is 9.90. The van der Waals surface area contributed by atoms with Crippen molar-refractivity contribution >= 4 is 11.9 Å². The number of unbranched alkanes of at least 4 members (excludes halogenated alkanes) is 1. The van der Waals surface area contributed by atoms with Crippen LogP contribution < -0.4 is 22.9 Å². The van der Waals surface area contributed by atoms with E-state index in [9.17, 15) is 9.59 Å². The minimum Gasteiger partial charge on any atom is -0.481 e. The molecule has 0 aromatic heterocycles. The molecule has 0 atom stereocenters. The van der Waals surface area contributed by atoms with E-state index in [4.69, 9.17) is 33.1 Å². The maximum Gasteiger partial charge on any atom is 0.303 e. The zero-order valence-electron chi connectivity index (χ0n) is 9.06. The molecule has 0 saturated carbocycles. The van der Waals surface area contributed by atoms with E-state index in [1.54, 1.807) is 0 Å². The van der Waals surface area contributed by atoms with Crippen molar-refractivity contribution in [2.45, 2.75) is 31.5 Å². The number of carboxylic acids is 2. The van der Waals surface area contributed by atoms with E-state index in [1.165, 1.54) is 0 Å². The van der Waals surface area contributed by atoms with Gasteiger partial charge in [0.2, 0.25) is 0 Å². The van der Waals surface area contributed by atoms with Crippen molar-refractivity contribution in [3.63, 3.8) is 0 Å². The summed E-state index contributed by atoms with van der Waals surface area (Å²) in [6, 6.07) is 0. The molecule has 16 heavy (non-hydrogen) atoms. The number of hydrogen-bond donors (Lipinski definition) is 6. The number of aliphatic carboxylic acids is 2. The highest BCUT2D eigenvalue weighted by Crippen LogP contribution is 1.98. The Morgan fingerprint density at radius 1 is 0.938 bits per heavy atom. The van der Waals surface area contributed by atoms with Crippen LogP contribution in [0.1, 0.15) is 25.7 Å². The smallest absolute Gasteiger partial charge is 0.303 e. The quantitative estimate of drug-likeness (QED) is 0.230. The lowest BCUT2D eigenvalue weighted by atomic mass is 10.2. The van der Waals surface area contributed by atoms with Crippen LogP contribution in [0.4, 0.5) is 0 Å².